The molecular weight excluding hydrogens is 438 g/mol. The third-order valence-corrected chi connectivity index (χ3v) is 5.65. The van der Waals surface area contributed by atoms with E-state index in [2.05, 4.69) is 23.6 Å². The topological polar surface area (TPSA) is 75.0 Å². The molecule has 0 N–H and O–H groups in total. The molecule has 0 saturated carbocycles. The van der Waals surface area contributed by atoms with Crippen molar-refractivity contribution in [1.29, 1.82) is 0 Å². The van der Waals surface area contributed by atoms with Crippen LogP contribution in [0.5, 0.6) is 17.2 Å². The number of hydrogen-bond donors (Lipinski definition) is 0. The van der Waals surface area contributed by atoms with E-state index in [9.17, 15) is 4.79 Å². The zero-order valence-electron chi connectivity index (χ0n) is 18.6. The molecule has 0 atom stereocenters. The van der Waals surface area contributed by atoms with Crippen LogP contribution in [0.2, 0.25) is 0 Å². The Balaban J connectivity index is 1.63. The molecule has 0 aliphatic rings. The highest BCUT2D eigenvalue weighted by Crippen LogP contribution is 2.29. The Morgan fingerprint density at radius 3 is 2.58 bits per heavy atom. The number of fused-ring (bicyclic) bond motifs is 1. The summed E-state index contributed by atoms with van der Waals surface area (Å²) in [5.41, 5.74) is 1.45. The largest absolute Gasteiger partial charge is 0.490 e. The van der Waals surface area contributed by atoms with Gasteiger partial charge >= 0.3 is 0 Å². The molecule has 2 heterocycles. The fourth-order valence-corrected chi connectivity index (χ4v) is 4.08. The molecule has 0 amide bonds. The lowest BCUT2D eigenvalue weighted by molar-refractivity contribution is 0.277. The molecule has 33 heavy (non-hydrogen) atoms. The molecule has 4 aromatic rings. The minimum atomic E-state index is -0.205. The zero-order chi connectivity index (χ0) is 23.2. The molecule has 2 aromatic carbocycles. The minimum absolute atomic E-state index is 0.205. The highest BCUT2D eigenvalue weighted by molar-refractivity contribution is 7.15. The molecule has 0 saturated heterocycles. The first-order valence-electron chi connectivity index (χ1n) is 10.8. The molecule has 2 aromatic heterocycles. The highest BCUT2D eigenvalue weighted by Gasteiger charge is 2.13. The van der Waals surface area contributed by atoms with Gasteiger partial charge < -0.3 is 14.2 Å². The monoisotopic (exact) mass is 463 g/mol. The summed E-state index contributed by atoms with van der Waals surface area (Å²) in [7, 11) is 0. The van der Waals surface area contributed by atoms with Crippen molar-refractivity contribution in [1.82, 2.24) is 14.6 Å². The third kappa shape index (κ3) is 5.06. The van der Waals surface area contributed by atoms with Crippen LogP contribution < -0.4 is 24.3 Å². The van der Waals surface area contributed by atoms with Crippen molar-refractivity contribution < 1.29 is 14.2 Å². The van der Waals surface area contributed by atoms with Crippen LogP contribution in [0.1, 0.15) is 25.8 Å². The molecule has 0 aliphatic heterocycles. The van der Waals surface area contributed by atoms with Gasteiger partial charge in [-0.25, -0.2) is 0 Å². The van der Waals surface area contributed by atoms with E-state index in [1.54, 1.807) is 6.08 Å². The van der Waals surface area contributed by atoms with E-state index >= 15 is 0 Å². The van der Waals surface area contributed by atoms with Gasteiger partial charge in [-0.3, -0.25) is 4.79 Å². The Kier molecular flexibility index (Phi) is 7.04. The van der Waals surface area contributed by atoms with Gasteiger partial charge in [-0.2, -0.15) is 9.50 Å². The van der Waals surface area contributed by atoms with Crippen LogP contribution in [-0.4, -0.2) is 34.4 Å². The fraction of sp³-hybridized carbons (Fsp3) is 0.240. The number of aromatic nitrogens is 3. The van der Waals surface area contributed by atoms with Gasteiger partial charge in [0.2, 0.25) is 4.96 Å². The normalized spacial score (nSPS) is 11.6. The van der Waals surface area contributed by atoms with Gasteiger partial charge in [0.25, 0.3) is 5.56 Å². The van der Waals surface area contributed by atoms with Gasteiger partial charge in [0.1, 0.15) is 12.4 Å². The molecule has 0 fully saturated rings. The van der Waals surface area contributed by atoms with Crippen molar-refractivity contribution in [3.63, 3.8) is 0 Å². The molecule has 8 heteroatoms. The average Bonchev–Trinajstić information content (AvgIpc) is 3.37. The van der Waals surface area contributed by atoms with Crippen molar-refractivity contribution in [3.05, 3.63) is 75.6 Å². The Labute approximate surface area is 195 Å². The van der Waals surface area contributed by atoms with Crippen LogP contribution in [0.25, 0.3) is 22.4 Å². The Morgan fingerprint density at radius 2 is 1.88 bits per heavy atom. The Hall–Kier alpha value is -3.65. The van der Waals surface area contributed by atoms with Crippen LogP contribution in [0.3, 0.4) is 0 Å². The van der Waals surface area contributed by atoms with Gasteiger partial charge in [-0.15, -0.1) is 5.10 Å². The maximum Gasteiger partial charge on any atom is 0.291 e. The summed E-state index contributed by atoms with van der Waals surface area (Å²) in [6, 6.07) is 13.1. The standard InChI is InChI=1S/C25H25N3O4S/c1-4-13-31-19-10-8-18(9-11-19)23-26-25-28(27-23)24(29)22(33-25)16-17-7-12-20(32-14-5-2)21(15-17)30-6-3/h4,7-12,15-16H,1,5-6,13-14H2,2-3H3. The van der Waals surface area contributed by atoms with Crippen molar-refractivity contribution in [3.8, 4) is 28.6 Å². The predicted molar refractivity (Wildman–Crippen MR) is 130 cm³/mol. The van der Waals surface area contributed by atoms with Gasteiger partial charge in [0, 0.05) is 5.56 Å². The summed E-state index contributed by atoms with van der Waals surface area (Å²) in [6.07, 6.45) is 4.42. The molecule has 0 spiro atoms. The number of benzene rings is 2. The van der Waals surface area contributed by atoms with Gasteiger partial charge in [-0.1, -0.05) is 37.0 Å². The molecule has 0 bridgehead atoms. The molecule has 0 unspecified atom stereocenters. The lowest BCUT2D eigenvalue weighted by Gasteiger charge is -2.11. The summed E-state index contributed by atoms with van der Waals surface area (Å²) in [5, 5.41) is 4.41. The second kappa shape index (κ2) is 10.3. The predicted octanol–water partition coefficient (Wildman–Crippen LogP) is 4.12. The summed E-state index contributed by atoms with van der Waals surface area (Å²) in [4.78, 5) is 18.0. The van der Waals surface area contributed by atoms with Crippen LogP contribution >= 0.6 is 11.3 Å². The van der Waals surface area contributed by atoms with Crippen molar-refractivity contribution in [2.75, 3.05) is 19.8 Å². The molecular formula is C25H25N3O4S. The minimum Gasteiger partial charge on any atom is -0.490 e. The van der Waals surface area contributed by atoms with E-state index in [4.69, 9.17) is 14.2 Å². The number of ether oxygens (including phenoxy) is 3. The molecule has 0 radical (unpaired) electrons. The first-order chi connectivity index (χ1) is 16.1. The second-order valence-electron chi connectivity index (χ2n) is 7.16. The molecule has 0 aliphatic carbocycles. The van der Waals surface area contributed by atoms with Crippen LogP contribution in [-0.2, 0) is 0 Å². The smallest absolute Gasteiger partial charge is 0.291 e. The Bertz CT molecular complexity index is 1360. The first kappa shape index (κ1) is 22.5. The van der Waals surface area contributed by atoms with E-state index in [0.717, 1.165) is 23.3 Å². The maximum absolute atomic E-state index is 12.9. The quantitative estimate of drug-likeness (QED) is 0.330. The van der Waals surface area contributed by atoms with E-state index in [1.165, 1.54) is 15.9 Å². The highest BCUT2D eigenvalue weighted by atomic mass is 32.1. The first-order valence-corrected chi connectivity index (χ1v) is 11.6. The van der Waals surface area contributed by atoms with E-state index in [0.29, 0.717) is 46.6 Å². The van der Waals surface area contributed by atoms with E-state index < -0.39 is 0 Å². The fourth-order valence-electron chi connectivity index (χ4n) is 3.18. The van der Waals surface area contributed by atoms with Gasteiger partial charge in [0.15, 0.2) is 17.3 Å². The lowest BCUT2D eigenvalue weighted by Crippen LogP contribution is -2.23. The van der Waals surface area contributed by atoms with Gasteiger partial charge in [-0.05, 0) is 61.4 Å². The summed E-state index contributed by atoms with van der Waals surface area (Å²) in [5.74, 6) is 2.59. The summed E-state index contributed by atoms with van der Waals surface area (Å²) < 4.78 is 18.9. The SMILES string of the molecule is C=CCOc1ccc(-c2nc3sc(=Cc4ccc(OCCC)c(OCC)c4)c(=O)n3n2)cc1. The van der Waals surface area contributed by atoms with E-state index in [-0.39, 0.29) is 5.56 Å². The number of rotatable bonds is 10. The summed E-state index contributed by atoms with van der Waals surface area (Å²) >= 11 is 1.30. The molecule has 4 rings (SSSR count). The van der Waals surface area contributed by atoms with Crippen LogP contribution in [0.4, 0.5) is 0 Å². The van der Waals surface area contributed by atoms with Crippen molar-refractivity contribution in [2.45, 2.75) is 20.3 Å². The Morgan fingerprint density at radius 1 is 1.06 bits per heavy atom. The van der Waals surface area contributed by atoms with Gasteiger partial charge in [0.05, 0.1) is 17.7 Å². The number of hydrogen-bond acceptors (Lipinski definition) is 7. The van der Waals surface area contributed by atoms with Crippen LogP contribution in [0, 0.1) is 0 Å². The molecule has 170 valence electrons. The number of nitrogens with zero attached hydrogens (tertiary/aromatic N) is 3. The lowest BCUT2D eigenvalue weighted by atomic mass is 10.2. The molecule has 7 nitrogen and oxygen atoms in total. The van der Waals surface area contributed by atoms with Crippen molar-refractivity contribution in [2.24, 2.45) is 0 Å². The maximum atomic E-state index is 12.9. The zero-order valence-corrected chi connectivity index (χ0v) is 19.4. The third-order valence-electron chi connectivity index (χ3n) is 4.69. The average molecular weight is 464 g/mol. The van der Waals surface area contributed by atoms with Crippen LogP contribution in [0.15, 0.2) is 59.9 Å². The van der Waals surface area contributed by atoms with E-state index in [1.807, 2.05) is 55.5 Å². The van der Waals surface area contributed by atoms with Crippen molar-refractivity contribution >= 4 is 22.4 Å². The summed E-state index contributed by atoms with van der Waals surface area (Å²) in [6.45, 7) is 9.21. The number of thiazole rings is 1. The second-order valence-corrected chi connectivity index (χ2v) is 8.17.